The van der Waals surface area contributed by atoms with Gasteiger partial charge >= 0.3 is 0 Å². The minimum atomic E-state index is -0.322. The first-order valence-electron chi connectivity index (χ1n) is 5.55. The summed E-state index contributed by atoms with van der Waals surface area (Å²) in [5, 5.41) is 0.719. The Kier molecular flexibility index (Phi) is 5.26. The summed E-state index contributed by atoms with van der Waals surface area (Å²) in [6.45, 7) is 7.97. The Labute approximate surface area is 103 Å². The summed E-state index contributed by atoms with van der Waals surface area (Å²) in [6, 6.07) is 7.55. The third kappa shape index (κ3) is 4.52. The number of benzene rings is 1. The van der Waals surface area contributed by atoms with Gasteiger partial charge in [-0.05, 0) is 39.8 Å². The summed E-state index contributed by atoms with van der Waals surface area (Å²) in [5.74, 6) is 0. The van der Waals surface area contributed by atoms with Crippen molar-refractivity contribution in [1.29, 1.82) is 0 Å². The summed E-state index contributed by atoms with van der Waals surface area (Å²) in [4.78, 5) is 0. The molecule has 0 bridgehead atoms. The molecule has 1 aromatic carbocycles. The Bertz CT molecular complexity index is 296. The molecule has 2 nitrogen and oxygen atoms in total. The lowest BCUT2D eigenvalue weighted by molar-refractivity contribution is -0.185. The second-order valence-electron chi connectivity index (χ2n) is 4.25. The van der Waals surface area contributed by atoms with Crippen LogP contribution in [0.5, 0.6) is 0 Å². The Morgan fingerprint density at radius 1 is 0.875 bits per heavy atom. The minimum Gasteiger partial charge on any atom is -0.346 e. The second-order valence-corrected chi connectivity index (χ2v) is 4.69. The number of hydrogen-bond donors (Lipinski definition) is 0. The minimum absolute atomic E-state index is 0.124. The van der Waals surface area contributed by atoms with Gasteiger partial charge in [-0.1, -0.05) is 23.7 Å². The third-order valence-corrected chi connectivity index (χ3v) is 2.19. The van der Waals surface area contributed by atoms with Crippen LogP contribution in [-0.4, -0.2) is 12.2 Å². The van der Waals surface area contributed by atoms with Gasteiger partial charge in [0.05, 0.1) is 12.2 Å². The van der Waals surface area contributed by atoms with Crippen molar-refractivity contribution in [2.24, 2.45) is 0 Å². The summed E-state index contributed by atoms with van der Waals surface area (Å²) in [5.41, 5.74) is 0.992. The predicted octanol–water partition coefficient (Wildman–Crippen LogP) is 4.19. The van der Waals surface area contributed by atoms with Crippen molar-refractivity contribution in [3.05, 3.63) is 34.9 Å². The zero-order chi connectivity index (χ0) is 12.1. The molecule has 0 aliphatic heterocycles. The van der Waals surface area contributed by atoms with Gasteiger partial charge in [0.15, 0.2) is 6.29 Å². The van der Waals surface area contributed by atoms with Gasteiger partial charge in [0.1, 0.15) is 0 Å². The lowest BCUT2D eigenvalue weighted by Crippen LogP contribution is -2.17. The van der Waals surface area contributed by atoms with Crippen molar-refractivity contribution in [3.63, 3.8) is 0 Å². The van der Waals surface area contributed by atoms with Gasteiger partial charge in [0, 0.05) is 10.6 Å². The molecule has 0 N–H and O–H groups in total. The van der Waals surface area contributed by atoms with E-state index in [4.69, 9.17) is 21.1 Å². The maximum Gasteiger partial charge on any atom is 0.184 e. The molecule has 0 aliphatic carbocycles. The van der Waals surface area contributed by atoms with Crippen LogP contribution in [0.4, 0.5) is 0 Å². The van der Waals surface area contributed by atoms with E-state index in [9.17, 15) is 0 Å². The standard InChI is InChI=1S/C13H19ClO2/c1-9(2)15-13(16-10(3)4)11-5-7-12(14)8-6-11/h5-10,13H,1-4H3. The van der Waals surface area contributed by atoms with E-state index in [-0.39, 0.29) is 18.5 Å². The van der Waals surface area contributed by atoms with Gasteiger partial charge in [0.2, 0.25) is 0 Å². The SMILES string of the molecule is CC(C)OC(OC(C)C)c1ccc(Cl)cc1. The molecule has 0 radical (unpaired) electrons. The second kappa shape index (κ2) is 6.24. The molecule has 1 aromatic rings. The van der Waals surface area contributed by atoms with Crippen LogP contribution in [0.3, 0.4) is 0 Å². The molecule has 0 saturated carbocycles. The lowest BCUT2D eigenvalue weighted by atomic mass is 10.2. The molecule has 16 heavy (non-hydrogen) atoms. The van der Waals surface area contributed by atoms with Crippen LogP contribution in [0.2, 0.25) is 5.02 Å². The molecule has 0 aliphatic rings. The van der Waals surface area contributed by atoms with Crippen molar-refractivity contribution in [2.45, 2.75) is 46.2 Å². The molecule has 0 fully saturated rings. The van der Waals surface area contributed by atoms with Crippen molar-refractivity contribution < 1.29 is 9.47 Å². The highest BCUT2D eigenvalue weighted by Crippen LogP contribution is 2.23. The highest BCUT2D eigenvalue weighted by molar-refractivity contribution is 6.30. The van der Waals surface area contributed by atoms with E-state index in [1.807, 2.05) is 52.0 Å². The normalized spacial score (nSPS) is 11.8. The van der Waals surface area contributed by atoms with E-state index in [0.29, 0.717) is 0 Å². The monoisotopic (exact) mass is 242 g/mol. The smallest absolute Gasteiger partial charge is 0.184 e. The van der Waals surface area contributed by atoms with Crippen molar-refractivity contribution in [1.82, 2.24) is 0 Å². The molecular formula is C13H19ClO2. The molecule has 0 aromatic heterocycles. The molecular weight excluding hydrogens is 224 g/mol. The average molecular weight is 243 g/mol. The van der Waals surface area contributed by atoms with Crippen LogP contribution in [-0.2, 0) is 9.47 Å². The quantitative estimate of drug-likeness (QED) is 0.721. The van der Waals surface area contributed by atoms with Crippen LogP contribution in [0, 0.1) is 0 Å². The van der Waals surface area contributed by atoms with E-state index in [1.54, 1.807) is 0 Å². The molecule has 3 heteroatoms. The van der Waals surface area contributed by atoms with Gasteiger partial charge in [-0.3, -0.25) is 0 Å². The van der Waals surface area contributed by atoms with Crippen LogP contribution in [0.25, 0.3) is 0 Å². The first-order chi connectivity index (χ1) is 7.49. The topological polar surface area (TPSA) is 18.5 Å². The zero-order valence-electron chi connectivity index (χ0n) is 10.2. The Morgan fingerprint density at radius 3 is 1.69 bits per heavy atom. The number of rotatable bonds is 5. The third-order valence-electron chi connectivity index (χ3n) is 1.93. The fraction of sp³-hybridized carbons (Fsp3) is 0.538. The molecule has 0 heterocycles. The van der Waals surface area contributed by atoms with Crippen LogP contribution in [0.15, 0.2) is 24.3 Å². The van der Waals surface area contributed by atoms with E-state index in [1.165, 1.54) is 0 Å². The van der Waals surface area contributed by atoms with Gasteiger partial charge < -0.3 is 9.47 Å². The molecule has 0 saturated heterocycles. The summed E-state index contributed by atoms with van der Waals surface area (Å²) in [7, 11) is 0. The summed E-state index contributed by atoms with van der Waals surface area (Å²) >= 11 is 5.85. The van der Waals surface area contributed by atoms with Crippen molar-refractivity contribution >= 4 is 11.6 Å². The number of hydrogen-bond acceptors (Lipinski definition) is 2. The molecule has 0 amide bonds. The molecule has 0 unspecified atom stereocenters. The van der Waals surface area contributed by atoms with Crippen LogP contribution >= 0.6 is 11.6 Å². The maximum absolute atomic E-state index is 5.85. The first kappa shape index (κ1) is 13.5. The van der Waals surface area contributed by atoms with E-state index >= 15 is 0 Å². The van der Waals surface area contributed by atoms with Gasteiger partial charge in [0.25, 0.3) is 0 Å². The average Bonchev–Trinajstić information content (AvgIpc) is 2.16. The highest BCUT2D eigenvalue weighted by Gasteiger charge is 2.15. The van der Waals surface area contributed by atoms with Crippen molar-refractivity contribution in [3.8, 4) is 0 Å². The lowest BCUT2D eigenvalue weighted by Gasteiger charge is -2.23. The number of halogens is 1. The van der Waals surface area contributed by atoms with E-state index in [0.717, 1.165) is 10.6 Å². The molecule has 1 rings (SSSR count). The van der Waals surface area contributed by atoms with Gasteiger partial charge in [-0.25, -0.2) is 0 Å². The van der Waals surface area contributed by atoms with E-state index in [2.05, 4.69) is 0 Å². The largest absolute Gasteiger partial charge is 0.346 e. The Morgan fingerprint density at radius 2 is 1.31 bits per heavy atom. The first-order valence-corrected chi connectivity index (χ1v) is 5.93. The fourth-order valence-corrected chi connectivity index (χ4v) is 1.43. The fourth-order valence-electron chi connectivity index (χ4n) is 1.30. The van der Waals surface area contributed by atoms with E-state index < -0.39 is 0 Å². The van der Waals surface area contributed by atoms with Gasteiger partial charge in [-0.15, -0.1) is 0 Å². The Balaban J connectivity index is 2.78. The van der Waals surface area contributed by atoms with Crippen molar-refractivity contribution in [2.75, 3.05) is 0 Å². The highest BCUT2D eigenvalue weighted by atomic mass is 35.5. The van der Waals surface area contributed by atoms with Gasteiger partial charge in [-0.2, -0.15) is 0 Å². The molecule has 0 atom stereocenters. The predicted molar refractivity (Wildman–Crippen MR) is 66.6 cm³/mol. The zero-order valence-corrected chi connectivity index (χ0v) is 11.0. The molecule has 90 valence electrons. The number of ether oxygens (including phenoxy) is 2. The summed E-state index contributed by atoms with van der Waals surface area (Å²) in [6.07, 6.45) is -0.0730. The maximum atomic E-state index is 5.85. The molecule has 0 spiro atoms. The van der Waals surface area contributed by atoms with Crippen LogP contribution in [0.1, 0.15) is 39.5 Å². The Hall–Kier alpha value is -0.570. The summed E-state index contributed by atoms with van der Waals surface area (Å²) < 4.78 is 11.4. The van der Waals surface area contributed by atoms with Crippen LogP contribution < -0.4 is 0 Å².